The van der Waals surface area contributed by atoms with E-state index >= 15 is 0 Å². The third-order valence-electron chi connectivity index (χ3n) is 2.17. The van der Waals surface area contributed by atoms with E-state index in [2.05, 4.69) is 0 Å². The van der Waals surface area contributed by atoms with E-state index in [0.717, 1.165) is 0 Å². The fourth-order valence-corrected chi connectivity index (χ4v) is 0.897. The lowest BCUT2D eigenvalue weighted by Gasteiger charge is -2.15. The molecule has 0 radical (unpaired) electrons. The van der Waals surface area contributed by atoms with Crippen LogP contribution < -0.4 is 4.74 Å². The van der Waals surface area contributed by atoms with Crippen molar-refractivity contribution in [1.29, 1.82) is 0 Å². The molecule has 0 N–H and O–H groups in total. The number of carbonyl (C=O) groups is 1. The van der Waals surface area contributed by atoms with Crippen molar-refractivity contribution in [1.82, 2.24) is 0 Å². The molecule has 1 aromatic rings. The summed E-state index contributed by atoms with van der Waals surface area (Å²) in [7, 11) is 0. The highest BCUT2D eigenvalue weighted by molar-refractivity contribution is 5.63. The third kappa shape index (κ3) is 4.02. The maximum atomic E-state index is 11.3. The van der Waals surface area contributed by atoms with Crippen molar-refractivity contribution in [2.75, 3.05) is 0 Å². The first kappa shape index (κ1) is 11.6. The summed E-state index contributed by atoms with van der Waals surface area (Å²) in [4.78, 5) is 11.3. The predicted octanol–water partition coefficient (Wildman–Crippen LogP) is 3.25. The van der Waals surface area contributed by atoms with Gasteiger partial charge in [-0.2, -0.15) is 0 Å². The molecule has 3 nitrogen and oxygen atoms in total. The van der Waals surface area contributed by atoms with E-state index in [9.17, 15) is 4.79 Å². The van der Waals surface area contributed by atoms with Crippen molar-refractivity contribution in [3.05, 3.63) is 30.3 Å². The van der Waals surface area contributed by atoms with Crippen LogP contribution in [0.3, 0.4) is 0 Å². The van der Waals surface area contributed by atoms with E-state index in [1.807, 2.05) is 26.8 Å². The summed E-state index contributed by atoms with van der Waals surface area (Å²) in [6, 6.07) is 8.88. The van der Waals surface area contributed by atoms with Crippen molar-refractivity contribution in [2.24, 2.45) is 5.92 Å². The molecule has 0 fully saturated rings. The smallest absolute Gasteiger partial charge is 0.431 e. The molecule has 0 aliphatic rings. The molecule has 3 heteroatoms. The normalized spacial score (nSPS) is 12.3. The number of para-hydroxylation sites is 1. The lowest BCUT2D eigenvalue weighted by molar-refractivity contribution is 0.0466. The number of rotatable bonds is 3. The summed E-state index contributed by atoms with van der Waals surface area (Å²) in [6.07, 6.45) is -0.788. The second-order valence-electron chi connectivity index (χ2n) is 3.73. The van der Waals surface area contributed by atoms with Gasteiger partial charge in [-0.1, -0.05) is 32.0 Å². The molecule has 0 heterocycles. The largest absolute Gasteiger partial charge is 0.514 e. The van der Waals surface area contributed by atoms with Crippen LogP contribution in [0.15, 0.2) is 30.3 Å². The summed E-state index contributed by atoms with van der Waals surface area (Å²) >= 11 is 0. The quantitative estimate of drug-likeness (QED) is 0.565. The molecule has 15 heavy (non-hydrogen) atoms. The Hall–Kier alpha value is -1.51. The van der Waals surface area contributed by atoms with Gasteiger partial charge in [0.1, 0.15) is 11.9 Å². The zero-order chi connectivity index (χ0) is 11.3. The Morgan fingerprint density at radius 1 is 1.13 bits per heavy atom. The van der Waals surface area contributed by atoms with Gasteiger partial charge in [0, 0.05) is 0 Å². The van der Waals surface area contributed by atoms with Crippen LogP contribution in [0.1, 0.15) is 20.8 Å². The van der Waals surface area contributed by atoms with Gasteiger partial charge >= 0.3 is 6.16 Å². The molecule has 0 amide bonds. The summed E-state index contributed by atoms with van der Waals surface area (Å²) in [5, 5.41) is 0. The van der Waals surface area contributed by atoms with Gasteiger partial charge < -0.3 is 9.47 Å². The molecule has 0 bridgehead atoms. The fourth-order valence-electron chi connectivity index (χ4n) is 0.897. The van der Waals surface area contributed by atoms with Crippen molar-refractivity contribution in [2.45, 2.75) is 26.9 Å². The Morgan fingerprint density at radius 2 is 1.73 bits per heavy atom. The molecule has 0 spiro atoms. The van der Waals surface area contributed by atoms with E-state index in [1.54, 1.807) is 24.3 Å². The molecule has 1 aromatic carbocycles. The zero-order valence-corrected chi connectivity index (χ0v) is 9.27. The first-order chi connectivity index (χ1) is 7.09. The Bertz CT molecular complexity index is 306. The maximum absolute atomic E-state index is 11.3. The number of hydrogen-bond acceptors (Lipinski definition) is 3. The first-order valence-corrected chi connectivity index (χ1v) is 5.03. The lowest BCUT2D eigenvalue weighted by atomic mass is 10.1. The van der Waals surface area contributed by atoms with E-state index in [0.29, 0.717) is 5.75 Å². The summed E-state index contributed by atoms with van der Waals surface area (Å²) in [6.45, 7) is 5.82. The molecule has 1 rings (SSSR count). The number of ether oxygens (including phenoxy) is 2. The Balaban J connectivity index is 2.43. The molecule has 1 atom stereocenters. The summed E-state index contributed by atoms with van der Waals surface area (Å²) in [5.74, 6) is 0.784. The average Bonchev–Trinajstić information content (AvgIpc) is 2.18. The van der Waals surface area contributed by atoms with Crippen LogP contribution in [0.2, 0.25) is 0 Å². The van der Waals surface area contributed by atoms with E-state index in [-0.39, 0.29) is 12.0 Å². The van der Waals surface area contributed by atoms with Gasteiger partial charge in [-0.05, 0) is 25.0 Å². The van der Waals surface area contributed by atoms with Gasteiger partial charge in [0.2, 0.25) is 0 Å². The third-order valence-corrected chi connectivity index (χ3v) is 2.17. The first-order valence-electron chi connectivity index (χ1n) is 5.03. The van der Waals surface area contributed by atoms with Crippen LogP contribution in [0, 0.1) is 5.92 Å². The average molecular weight is 208 g/mol. The zero-order valence-electron chi connectivity index (χ0n) is 9.27. The molecular formula is C12H16O3. The highest BCUT2D eigenvalue weighted by Crippen LogP contribution is 2.11. The molecule has 0 aliphatic carbocycles. The maximum Gasteiger partial charge on any atom is 0.514 e. The Kier molecular flexibility index (Phi) is 4.16. The molecule has 0 aliphatic heterocycles. The van der Waals surface area contributed by atoms with Crippen LogP contribution in [-0.2, 0) is 4.74 Å². The van der Waals surface area contributed by atoms with Gasteiger partial charge in [-0.25, -0.2) is 4.79 Å². The van der Waals surface area contributed by atoms with Gasteiger partial charge in [0.05, 0.1) is 0 Å². The molecule has 0 saturated heterocycles. The number of benzene rings is 1. The topological polar surface area (TPSA) is 35.5 Å². The van der Waals surface area contributed by atoms with Crippen molar-refractivity contribution in [3.63, 3.8) is 0 Å². The summed E-state index contributed by atoms with van der Waals surface area (Å²) in [5.41, 5.74) is 0. The van der Waals surface area contributed by atoms with Crippen LogP contribution in [0.5, 0.6) is 5.75 Å². The second-order valence-corrected chi connectivity index (χ2v) is 3.73. The molecule has 0 aromatic heterocycles. The SMILES string of the molecule is CC(C)C(C)OC(=O)Oc1ccccc1. The minimum Gasteiger partial charge on any atom is -0.431 e. The van der Waals surface area contributed by atoms with Gasteiger partial charge in [0.25, 0.3) is 0 Å². The van der Waals surface area contributed by atoms with Crippen molar-refractivity contribution < 1.29 is 14.3 Å². The standard InChI is InChI=1S/C12H16O3/c1-9(2)10(3)14-12(13)15-11-7-5-4-6-8-11/h4-10H,1-3H3. The van der Waals surface area contributed by atoms with Crippen LogP contribution >= 0.6 is 0 Å². The minimum atomic E-state index is -0.651. The van der Waals surface area contributed by atoms with E-state index in [4.69, 9.17) is 9.47 Å². The Morgan fingerprint density at radius 3 is 2.27 bits per heavy atom. The van der Waals surface area contributed by atoms with Crippen molar-refractivity contribution in [3.8, 4) is 5.75 Å². The van der Waals surface area contributed by atoms with E-state index in [1.165, 1.54) is 0 Å². The number of carbonyl (C=O) groups excluding carboxylic acids is 1. The van der Waals surface area contributed by atoms with E-state index < -0.39 is 6.16 Å². The predicted molar refractivity (Wildman–Crippen MR) is 57.9 cm³/mol. The molecule has 82 valence electrons. The minimum absolute atomic E-state index is 0.138. The van der Waals surface area contributed by atoms with Gasteiger partial charge in [0.15, 0.2) is 0 Å². The van der Waals surface area contributed by atoms with Crippen LogP contribution in [0.25, 0.3) is 0 Å². The Labute approximate surface area is 90.0 Å². The highest BCUT2D eigenvalue weighted by Gasteiger charge is 2.14. The fraction of sp³-hybridized carbons (Fsp3) is 0.417. The molecule has 0 saturated carbocycles. The molecular weight excluding hydrogens is 192 g/mol. The monoisotopic (exact) mass is 208 g/mol. The van der Waals surface area contributed by atoms with Crippen LogP contribution in [-0.4, -0.2) is 12.3 Å². The molecule has 1 unspecified atom stereocenters. The van der Waals surface area contributed by atoms with Crippen molar-refractivity contribution >= 4 is 6.16 Å². The van der Waals surface area contributed by atoms with Crippen LogP contribution in [0.4, 0.5) is 4.79 Å². The second kappa shape index (κ2) is 5.39. The van der Waals surface area contributed by atoms with Gasteiger partial charge in [-0.15, -0.1) is 0 Å². The lowest BCUT2D eigenvalue weighted by Crippen LogP contribution is -2.22. The summed E-state index contributed by atoms with van der Waals surface area (Å²) < 4.78 is 10.0. The highest BCUT2D eigenvalue weighted by atomic mass is 16.7. The number of hydrogen-bond donors (Lipinski definition) is 0. The van der Waals surface area contributed by atoms with Gasteiger partial charge in [-0.3, -0.25) is 0 Å².